The van der Waals surface area contributed by atoms with Gasteiger partial charge >= 0.3 is 0 Å². The number of hydrogen-bond acceptors (Lipinski definition) is 1. The summed E-state index contributed by atoms with van der Waals surface area (Å²) >= 11 is 0. The van der Waals surface area contributed by atoms with E-state index in [1.165, 1.54) is 17.5 Å². The molecule has 5 rings (SSSR count). The van der Waals surface area contributed by atoms with Crippen LogP contribution < -0.4 is 0 Å². The number of fused-ring (bicyclic) bond motifs is 3. The summed E-state index contributed by atoms with van der Waals surface area (Å²) in [6.45, 7) is 0. The summed E-state index contributed by atoms with van der Waals surface area (Å²) in [6.07, 6.45) is 1.80. The molecule has 2 nitrogen and oxygen atoms in total. The van der Waals surface area contributed by atoms with Crippen LogP contribution in [0.2, 0.25) is 0 Å². The molecule has 0 radical (unpaired) electrons. The summed E-state index contributed by atoms with van der Waals surface area (Å²) in [5.41, 5.74) is 4.23. The van der Waals surface area contributed by atoms with E-state index < -0.39 is 0 Å². The second-order valence-corrected chi connectivity index (χ2v) is 6.25. The first-order valence-corrected chi connectivity index (χ1v) is 8.52. The smallest absolute Gasteiger partial charge is 0.137 e. The summed E-state index contributed by atoms with van der Waals surface area (Å²) in [7, 11) is 0. The predicted octanol–water partition coefficient (Wildman–Crippen LogP) is 5.98. The molecule has 0 spiro atoms. The maximum Gasteiger partial charge on any atom is 0.137 e. The topological polar surface area (TPSA) is 17.8 Å². The Labute approximate surface area is 150 Å². The van der Waals surface area contributed by atoms with Crippen LogP contribution in [0.3, 0.4) is 0 Å². The molecule has 3 aromatic carbocycles. The van der Waals surface area contributed by atoms with Crippen LogP contribution in [0.4, 0.5) is 4.39 Å². The second kappa shape index (κ2) is 5.81. The van der Waals surface area contributed by atoms with Crippen molar-refractivity contribution in [1.29, 1.82) is 0 Å². The molecule has 2 heterocycles. The van der Waals surface area contributed by atoms with E-state index in [1.54, 1.807) is 6.20 Å². The first-order valence-electron chi connectivity index (χ1n) is 8.52. The van der Waals surface area contributed by atoms with Crippen molar-refractivity contribution in [2.75, 3.05) is 0 Å². The highest BCUT2D eigenvalue weighted by atomic mass is 19.1. The highest BCUT2D eigenvalue weighted by molar-refractivity contribution is 6.13. The zero-order valence-electron chi connectivity index (χ0n) is 13.9. The quantitative estimate of drug-likeness (QED) is 0.387. The molecule has 0 saturated carbocycles. The van der Waals surface area contributed by atoms with Crippen molar-refractivity contribution in [1.82, 2.24) is 9.55 Å². The Morgan fingerprint density at radius 2 is 1.46 bits per heavy atom. The van der Waals surface area contributed by atoms with E-state index in [4.69, 9.17) is 0 Å². The molecule has 3 heteroatoms. The number of pyridine rings is 1. The molecule has 0 aliphatic heterocycles. The molecule has 0 saturated heterocycles. The molecule has 124 valence electrons. The Morgan fingerprint density at radius 3 is 2.27 bits per heavy atom. The standard InChI is InChI=1S/C23H15FN2/c24-17-13-11-16(12-14-17)18-7-5-8-20-19-6-1-2-9-21(19)26(23(18)20)22-10-3-4-15-25-22/h1-15H. The number of nitrogens with zero attached hydrogens (tertiary/aromatic N) is 2. The largest absolute Gasteiger partial charge is 0.293 e. The number of halogens is 1. The van der Waals surface area contributed by atoms with Crippen molar-refractivity contribution in [2.24, 2.45) is 0 Å². The molecular weight excluding hydrogens is 323 g/mol. The Bertz CT molecular complexity index is 1220. The van der Waals surface area contributed by atoms with Gasteiger partial charge in [-0.3, -0.25) is 4.57 Å². The minimum Gasteiger partial charge on any atom is -0.293 e. The van der Waals surface area contributed by atoms with Gasteiger partial charge in [-0.2, -0.15) is 0 Å². The fourth-order valence-electron chi connectivity index (χ4n) is 3.60. The van der Waals surface area contributed by atoms with Gasteiger partial charge in [-0.15, -0.1) is 0 Å². The number of aromatic nitrogens is 2. The molecule has 2 aromatic heterocycles. The SMILES string of the molecule is Fc1ccc(-c2cccc3c4ccccc4n(-c4ccccn4)c23)cc1. The third-order valence-electron chi connectivity index (χ3n) is 4.73. The Balaban J connectivity index is 1.96. The summed E-state index contributed by atoms with van der Waals surface area (Å²) in [5, 5.41) is 2.34. The van der Waals surface area contributed by atoms with Gasteiger partial charge in [-0.05, 0) is 35.9 Å². The average molecular weight is 338 g/mol. The van der Waals surface area contributed by atoms with E-state index >= 15 is 0 Å². The van der Waals surface area contributed by atoms with Gasteiger partial charge in [-0.1, -0.05) is 54.6 Å². The van der Waals surface area contributed by atoms with E-state index in [2.05, 4.69) is 45.9 Å². The van der Waals surface area contributed by atoms with Crippen molar-refractivity contribution >= 4 is 21.8 Å². The molecule has 0 atom stereocenters. The van der Waals surface area contributed by atoms with Gasteiger partial charge in [0, 0.05) is 22.5 Å². The van der Waals surface area contributed by atoms with Crippen LogP contribution >= 0.6 is 0 Å². The molecular formula is C23H15FN2. The zero-order chi connectivity index (χ0) is 17.5. The lowest BCUT2D eigenvalue weighted by Crippen LogP contribution is -1.97. The second-order valence-electron chi connectivity index (χ2n) is 6.25. The monoisotopic (exact) mass is 338 g/mol. The molecule has 0 N–H and O–H groups in total. The van der Waals surface area contributed by atoms with Crippen LogP contribution in [0.1, 0.15) is 0 Å². The van der Waals surface area contributed by atoms with Crippen LogP contribution in [0.25, 0.3) is 38.8 Å². The van der Waals surface area contributed by atoms with Gasteiger partial charge in [-0.25, -0.2) is 9.37 Å². The Morgan fingerprint density at radius 1 is 0.692 bits per heavy atom. The van der Waals surface area contributed by atoms with E-state index in [9.17, 15) is 4.39 Å². The highest BCUT2D eigenvalue weighted by Crippen LogP contribution is 2.37. The fourth-order valence-corrected chi connectivity index (χ4v) is 3.60. The Hall–Kier alpha value is -3.46. The molecule has 5 aromatic rings. The van der Waals surface area contributed by atoms with Gasteiger partial charge in [0.05, 0.1) is 11.0 Å². The maximum atomic E-state index is 13.4. The lowest BCUT2D eigenvalue weighted by Gasteiger charge is -2.10. The van der Waals surface area contributed by atoms with E-state index in [0.717, 1.165) is 33.4 Å². The fraction of sp³-hybridized carbons (Fsp3) is 0. The van der Waals surface area contributed by atoms with Gasteiger partial charge < -0.3 is 0 Å². The number of hydrogen-bond donors (Lipinski definition) is 0. The normalized spacial score (nSPS) is 11.3. The molecule has 0 aliphatic rings. The van der Waals surface area contributed by atoms with Gasteiger partial charge in [0.25, 0.3) is 0 Å². The van der Waals surface area contributed by atoms with Gasteiger partial charge in [0.2, 0.25) is 0 Å². The van der Waals surface area contributed by atoms with Crippen LogP contribution in [-0.4, -0.2) is 9.55 Å². The van der Waals surface area contributed by atoms with E-state index in [-0.39, 0.29) is 5.82 Å². The Kier molecular flexibility index (Phi) is 3.32. The van der Waals surface area contributed by atoms with Crippen molar-refractivity contribution in [3.05, 3.63) is 96.9 Å². The van der Waals surface area contributed by atoms with Crippen molar-refractivity contribution in [3.8, 4) is 16.9 Å². The lowest BCUT2D eigenvalue weighted by molar-refractivity contribution is 0.628. The highest BCUT2D eigenvalue weighted by Gasteiger charge is 2.16. The summed E-state index contributed by atoms with van der Waals surface area (Å²) in [6, 6.07) is 27.2. The molecule has 26 heavy (non-hydrogen) atoms. The summed E-state index contributed by atoms with van der Waals surface area (Å²) < 4.78 is 15.6. The molecule has 0 aliphatic carbocycles. The molecule has 0 amide bonds. The summed E-state index contributed by atoms with van der Waals surface area (Å²) in [5.74, 6) is 0.638. The number of benzene rings is 3. The van der Waals surface area contributed by atoms with Crippen LogP contribution in [-0.2, 0) is 0 Å². The third-order valence-corrected chi connectivity index (χ3v) is 4.73. The van der Waals surface area contributed by atoms with Crippen LogP contribution in [0.15, 0.2) is 91.1 Å². The van der Waals surface area contributed by atoms with Crippen molar-refractivity contribution < 1.29 is 4.39 Å². The van der Waals surface area contributed by atoms with Crippen LogP contribution in [0.5, 0.6) is 0 Å². The van der Waals surface area contributed by atoms with Crippen molar-refractivity contribution in [3.63, 3.8) is 0 Å². The number of para-hydroxylation sites is 2. The average Bonchev–Trinajstić information content (AvgIpc) is 3.04. The van der Waals surface area contributed by atoms with E-state index in [0.29, 0.717) is 0 Å². The molecule has 0 bridgehead atoms. The van der Waals surface area contributed by atoms with Gasteiger partial charge in [0.1, 0.15) is 11.6 Å². The first-order chi connectivity index (χ1) is 12.8. The minimum atomic E-state index is -0.230. The first kappa shape index (κ1) is 14.8. The minimum absolute atomic E-state index is 0.230. The lowest BCUT2D eigenvalue weighted by atomic mass is 10.0. The zero-order valence-corrected chi connectivity index (χ0v) is 13.9. The molecule has 0 unspecified atom stereocenters. The summed E-state index contributed by atoms with van der Waals surface area (Å²) in [4.78, 5) is 4.57. The third kappa shape index (κ3) is 2.21. The van der Waals surface area contributed by atoms with Crippen LogP contribution in [0, 0.1) is 5.82 Å². The number of rotatable bonds is 2. The molecule has 0 fully saturated rings. The van der Waals surface area contributed by atoms with E-state index in [1.807, 2.05) is 36.4 Å². The predicted molar refractivity (Wildman–Crippen MR) is 104 cm³/mol. The maximum absolute atomic E-state index is 13.4. The van der Waals surface area contributed by atoms with Crippen molar-refractivity contribution in [2.45, 2.75) is 0 Å². The van der Waals surface area contributed by atoms with Gasteiger partial charge in [0.15, 0.2) is 0 Å².